The van der Waals surface area contributed by atoms with Gasteiger partial charge in [0, 0.05) is 6.04 Å². The average Bonchev–Trinajstić information content (AvgIpc) is 2.85. The standard InChI is InChI=1S/C16H23N3O/c1-10(2)19-16(14(20-5)9-18-19)15(17)13-8-6-7-11(3)12(13)4/h6-10,15H,17H2,1-5H3. The number of benzene rings is 1. The van der Waals surface area contributed by atoms with Gasteiger partial charge in [0.25, 0.3) is 0 Å². The minimum absolute atomic E-state index is 0.241. The summed E-state index contributed by atoms with van der Waals surface area (Å²) in [4.78, 5) is 0. The molecule has 0 aliphatic heterocycles. The van der Waals surface area contributed by atoms with Crippen LogP contribution in [0.4, 0.5) is 0 Å². The molecule has 1 aromatic heterocycles. The molecule has 0 spiro atoms. The number of rotatable bonds is 4. The van der Waals surface area contributed by atoms with Gasteiger partial charge < -0.3 is 10.5 Å². The predicted molar refractivity (Wildman–Crippen MR) is 81.1 cm³/mol. The van der Waals surface area contributed by atoms with E-state index in [2.05, 4.69) is 44.9 Å². The van der Waals surface area contributed by atoms with Crippen molar-refractivity contribution in [2.45, 2.75) is 39.8 Å². The highest BCUT2D eigenvalue weighted by molar-refractivity contribution is 5.42. The molecule has 108 valence electrons. The summed E-state index contributed by atoms with van der Waals surface area (Å²) in [7, 11) is 1.65. The lowest BCUT2D eigenvalue weighted by Crippen LogP contribution is -2.20. The molecule has 1 unspecified atom stereocenters. The Bertz CT molecular complexity index is 602. The molecular formula is C16H23N3O. The van der Waals surface area contributed by atoms with Gasteiger partial charge in [0.15, 0.2) is 5.75 Å². The maximum atomic E-state index is 6.50. The minimum atomic E-state index is -0.241. The summed E-state index contributed by atoms with van der Waals surface area (Å²) in [5, 5.41) is 4.40. The Balaban J connectivity index is 2.55. The third-order valence-corrected chi connectivity index (χ3v) is 3.78. The van der Waals surface area contributed by atoms with E-state index in [1.165, 1.54) is 11.1 Å². The highest BCUT2D eigenvalue weighted by atomic mass is 16.5. The lowest BCUT2D eigenvalue weighted by Gasteiger charge is -2.20. The highest BCUT2D eigenvalue weighted by Crippen LogP contribution is 2.32. The number of hydrogen-bond donors (Lipinski definition) is 1. The minimum Gasteiger partial charge on any atom is -0.493 e. The molecule has 1 atom stereocenters. The van der Waals surface area contributed by atoms with E-state index in [0.29, 0.717) is 0 Å². The molecular weight excluding hydrogens is 250 g/mol. The van der Waals surface area contributed by atoms with E-state index >= 15 is 0 Å². The summed E-state index contributed by atoms with van der Waals surface area (Å²) in [6, 6.07) is 6.21. The zero-order valence-corrected chi connectivity index (χ0v) is 12.8. The zero-order chi connectivity index (χ0) is 14.9. The summed E-state index contributed by atoms with van der Waals surface area (Å²) in [5.41, 5.74) is 11.0. The van der Waals surface area contributed by atoms with Gasteiger partial charge in [-0.05, 0) is 44.4 Å². The van der Waals surface area contributed by atoms with Gasteiger partial charge >= 0.3 is 0 Å². The van der Waals surface area contributed by atoms with Crippen LogP contribution < -0.4 is 10.5 Å². The van der Waals surface area contributed by atoms with Crippen LogP contribution in [0.5, 0.6) is 5.75 Å². The maximum Gasteiger partial charge on any atom is 0.161 e. The van der Waals surface area contributed by atoms with Crippen molar-refractivity contribution in [3.63, 3.8) is 0 Å². The van der Waals surface area contributed by atoms with E-state index in [0.717, 1.165) is 17.0 Å². The highest BCUT2D eigenvalue weighted by Gasteiger charge is 2.23. The van der Waals surface area contributed by atoms with Crippen molar-refractivity contribution < 1.29 is 4.74 Å². The van der Waals surface area contributed by atoms with Crippen molar-refractivity contribution in [3.05, 3.63) is 46.8 Å². The fraction of sp³-hybridized carbons (Fsp3) is 0.438. The van der Waals surface area contributed by atoms with E-state index in [4.69, 9.17) is 10.5 Å². The molecule has 20 heavy (non-hydrogen) atoms. The first-order valence-corrected chi connectivity index (χ1v) is 6.90. The van der Waals surface area contributed by atoms with Gasteiger partial charge in [-0.25, -0.2) is 0 Å². The summed E-state index contributed by atoms with van der Waals surface area (Å²) < 4.78 is 7.36. The number of methoxy groups -OCH3 is 1. The van der Waals surface area contributed by atoms with Crippen molar-refractivity contribution in [3.8, 4) is 5.75 Å². The van der Waals surface area contributed by atoms with Gasteiger partial charge in [0.1, 0.15) is 5.69 Å². The van der Waals surface area contributed by atoms with Crippen LogP contribution in [-0.4, -0.2) is 16.9 Å². The molecule has 0 saturated carbocycles. The Labute approximate surface area is 120 Å². The second-order valence-electron chi connectivity index (χ2n) is 5.40. The summed E-state index contributed by atoms with van der Waals surface area (Å²) >= 11 is 0. The first-order valence-electron chi connectivity index (χ1n) is 6.90. The molecule has 4 heteroatoms. The summed E-state index contributed by atoms with van der Waals surface area (Å²) in [5.74, 6) is 0.743. The van der Waals surface area contributed by atoms with Gasteiger partial charge in [-0.1, -0.05) is 18.2 Å². The summed E-state index contributed by atoms with van der Waals surface area (Å²) in [6.07, 6.45) is 1.74. The molecule has 2 rings (SSSR count). The van der Waals surface area contributed by atoms with Crippen molar-refractivity contribution in [2.75, 3.05) is 7.11 Å². The number of aromatic nitrogens is 2. The Hall–Kier alpha value is -1.81. The maximum absolute atomic E-state index is 6.50. The SMILES string of the molecule is COc1cnn(C(C)C)c1C(N)c1cccc(C)c1C. The Morgan fingerprint density at radius 2 is 1.95 bits per heavy atom. The molecule has 0 radical (unpaired) electrons. The van der Waals surface area contributed by atoms with Crippen LogP contribution in [0, 0.1) is 13.8 Å². The van der Waals surface area contributed by atoms with Gasteiger partial charge in [0.05, 0.1) is 19.3 Å². The third kappa shape index (κ3) is 2.43. The van der Waals surface area contributed by atoms with E-state index in [9.17, 15) is 0 Å². The first kappa shape index (κ1) is 14.6. The van der Waals surface area contributed by atoms with E-state index in [1.807, 2.05) is 10.7 Å². The number of nitrogens with zero attached hydrogens (tertiary/aromatic N) is 2. The second kappa shape index (κ2) is 5.67. The second-order valence-corrected chi connectivity index (χ2v) is 5.40. The summed E-state index contributed by atoms with van der Waals surface area (Å²) in [6.45, 7) is 8.38. The molecule has 2 N–H and O–H groups in total. The van der Waals surface area contributed by atoms with Crippen LogP contribution in [0.25, 0.3) is 0 Å². The molecule has 0 saturated heterocycles. The van der Waals surface area contributed by atoms with Gasteiger partial charge in [0.2, 0.25) is 0 Å². The van der Waals surface area contributed by atoms with Crippen LogP contribution in [0.3, 0.4) is 0 Å². The monoisotopic (exact) mass is 273 g/mol. The molecule has 0 fully saturated rings. The molecule has 0 amide bonds. The zero-order valence-electron chi connectivity index (χ0n) is 12.8. The fourth-order valence-corrected chi connectivity index (χ4v) is 2.48. The lowest BCUT2D eigenvalue weighted by atomic mass is 9.95. The van der Waals surface area contributed by atoms with Crippen LogP contribution in [-0.2, 0) is 0 Å². The molecule has 0 aliphatic rings. The van der Waals surface area contributed by atoms with Crippen molar-refractivity contribution in [2.24, 2.45) is 5.73 Å². The van der Waals surface area contributed by atoms with Gasteiger partial charge in [-0.3, -0.25) is 4.68 Å². The van der Waals surface area contributed by atoms with E-state index in [-0.39, 0.29) is 12.1 Å². The number of aryl methyl sites for hydroxylation is 1. The molecule has 0 bridgehead atoms. The Morgan fingerprint density at radius 1 is 1.25 bits per heavy atom. The van der Waals surface area contributed by atoms with E-state index in [1.54, 1.807) is 13.3 Å². The van der Waals surface area contributed by atoms with E-state index < -0.39 is 0 Å². The predicted octanol–water partition coefficient (Wildman–Crippen LogP) is 3.14. The number of ether oxygens (including phenoxy) is 1. The molecule has 4 nitrogen and oxygen atoms in total. The average molecular weight is 273 g/mol. The molecule has 1 aromatic carbocycles. The smallest absolute Gasteiger partial charge is 0.161 e. The van der Waals surface area contributed by atoms with Crippen molar-refractivity contribution in [1.29, 1.82) is 0 Å². The topological polar surface area (TPSA) is 53.1 Å². The molecule has 2 aromatic rings. The van der Waals surface area contributed by atoms with Gasteiger partial charge in [-0.15, -0.1) is 0 Å². The number of hydrogen-bond acceptors (Lipinski definition) is 3. The fourth-order valence-electron chi connectivity index (χ4n) is 2.48. The van der Waals surface area contributed by atoms with Crippen molar-refractivity contribution in [1.82, 2.24) is 9.78 Å². The lowest BCUT2D eigenvalue weighted by molar-refractivity contribution is 0.401. The first-order chi connectivity index (χ1) is 9.47. The quantitative estimate of drug-likeness (QED) is 0.931. The normalized spacial score (nSPS) is 12.8. The number of nitrogens with two attached hydrogens (primary N) is 1. The van der Waals surface area contributed by atoms with Gasteiger partial charge in [-0.2, -0.15) is 5.10 Å². The molecule has 1 heterocycles. The van der Waals surface area contributed by atoms with Crippen LogP contribution in [0.15, 0.2) is 24.4 Å². The van der Waals surface area contributed by atoms with Crippen LogP contribution in [0.2, 0.25) is 0 Å². The van der Waals surface area contributed by atoms with Crippen LogP contribution >= 0.6 is 0 Å². The van der Waals surface area contributed by atoms with Crippen LogP contribution in [0.1, 0.15) is 48.3 Å². The largest absolute Gasteiger partial charge is 0.493 e. The van der Waals surface area contributed by atoms with Crippen molar-refractivity contribution >= 4 is 0 Å². The Kier molecular flexibility index (Phi) is 4.14. The Morgan fingerprint density at radius 3 is 2.55 bits per heavy atom. The third-order valence-electron chi connectivity index (χ3n) is 3.78. The molecule has 0 aliphatic carbocycles.